The first-order valence-electron chi connectivity index (χ1n) is 8.06. The largest absolute Gasteiger partial charge is 0.336 e. The van der Waals surface area contributed by atoms with E-state index in [1.807, 2.05) is 17.4 Å². The van der Waals surface area contributed by atoms with Gasteiger partial charge >= 0.3 is 0 Å². The Kier molecular flexibility index (Phi) is 6.85. The number of thioether (sulfide) groups is 2. The minimum absolute atomic E-state index is 0.0620. The first-order chi connectivity index (χ1) is 12.5. The molecule has 1 fully saturated rings. The van der Waals surface area contributed by atoms with Crippen molar-refractivity contribution >= 4 is 52.6 Å². The fraction of sp³-hybridized carbons (Fsp3) is 0.412. The van der Waals surface area contributed by atoms with Gasteiger partial charge in [-0.15, -0.1) is 23.5 Å². The lowest BCUT2D eigenvalue weighted by Gasteiger charge is -2.35. The molecule has 1 aromatic heterocycles. The maximum absolute atomic E-state index is 13.2. The molecule has 3 rings (SSSR count). The van der Waals surface area contributed by atoms with Crippen LogP contribution >= 0.6 is 46.7 Å². The Bertz CT molecular complexity index is 772. The van der Waals surface area contributed by atoms with Gasteiger partial charge in [-0.1, -0.05) is 17.7 Å². The molecule has 0 unspecified atom stereocenters. The smallest absolute Gasteiger partial charge is 0.258 e. The maximum atomic E-state index is 13.2. The quantitative estimate of drug-likeness (QED) is 0.658. The lowest BCUT2D eigenvalue weighted by molar-refractivity contribution is 0.0622. The molecule has 2 aromatic rings. The van der Waals surface area contributed by atoms with Crippen LogP contribution in [0.15, 0.2) is 27.4 Å². The number of rotatable bonds is 5. The van der Waals surface area contributed by atoms with Gasteiger partial charge < -0.3 is 4.90 Å². The maximum Gasteiger partial charge on any atom is 0.258 e. The van der Waals surface area contributed by atoms with E-state index in [2.05, 4.69) is 9.27 Å². The summed E-state index contributed by atoms with van der Waals surface area (Å²) in [6, 6.07) is 4.49. The van der Waals surface area contributed by atoms with Crippen molar-refractivity contribution in [2.45, 2.75) is 15.8 Å². The molecule has 9 heteroatoms. The predicted molar refractivity (Wildman–Crippen MR) is 108 cm³/mol. The molecule has 0 spiro atoms. The lowest BCUT2D eigenvalue weighted by atomic mass is 10.2. The third-order valence-electron chi connectivity index (χ3n) is 4.29. The van der Waals surface area contributed by atoms with Crippen LogP contribution in [0, 0.1) is 5.82 Å². The summed E-state index contributed by atoms with van der Waals surface area (Å²) in [7, 11) is 0. The molecule has 0 aliphatic carbocycles. The molecule has 0 saturated carbocycles. The van der Waals surface area contributed by atoms with E-state index in [4.69, 9.17) is 11.6 Å². The van der Waals surface area contributed by atoms with E-state index in [1.165, 1.54) is 35.4 Å². The molecule has 4 nitrogen and oxygen atoms in total. The summed E-state index contributed by atoms with van der Waals surface area (Å²) in [5.74, 6) is -0.264. The van der Waals surface area contributed by atoms with Crippen LogP contribution in [0.2, 0.25) is 5.02 Å². The number of carbonyl (C=O) groups excluding carboxylic acids is 1. The fourth-order valence-corrected chi connectivity index (χ4v) is 5.37. The standard InChI is InChI=1S/C17H19ClFN3OS3/c1-24-15-14(17(25-2)26-20-15)16(23)22-7-5-21(6-8-22)10-11-3-4-12(19)9-13(11)18/h3-4,9H,5-8,10H2,1-2H3. The molecule has 0 atom stereocenters. The number of benzene rings is 1. The summed E-state index contributed by atoms with van der Waals surface area (Å²) in [6.45, 7) is 3.51. The Labute approximate surface area is 170 Å². The van der Waals surface area contributed by atoms with E-state index < -0.39 is 0 Å². The van der Waals surface area contributed by atoms with Crippen LogP contribution in [-0.2, 0) is 6.54 Å². The molecule has 26 heavy (non-hydrogen) atoms. The minimum atomic E-state index is -0.326. The van der Waals surface area contributed by atoms with Crippen molar-refractivity contribution in [3.63, 3.8) is 0 Å². The van der Waals surface area contributed by atoms with Crippen molar-refractivity contribution in [1.29, 1.82) is 0 Å². The SMILES string of the molecule is CSc1nsc(SC)c1C(=O)N1CCN(Cc2ccc(F)cc2Cl)CC1. The van der Waals surface area contributed by atoms with Crippen molar-refractivity contribution in [3.05, 3.63) is 40.2 Å². The van der Waals surface area contributed by atoms with Crippen LogP contribution in [-0.4, -0.2) is 58.8 Å². The van der Waals surface area contributed by atoms with Crippen LogP contribution in [0.1, 0.15) is 15.9 Å². The molecule has 1 amide bonds. The van der Waals surface area contributed by atoms with Crippen molar-refractivity contribution in [1.82, 2.24) is 14.2 Å². The molecule has 0 N–H and O–H groups in total. The third-order valence-corrected chi connectivity index (χ3v) is 7.38. The second kappa shape index (κ2) is 8.93. The second-order valence-corrected chi connectivity index (χ2v) is 8.91. The molecule has 2 heterocycles. The van der Waals surface area contributed by atoms with Crippen molar-refractivity contribution in [3.8, 4) is 0 Å². The molecule has 140 valence electrons. The van der Waals surface area contributed by atoms with Gasteiger partial charge in [0.05, 0.1) is 9.77 Å². The summed E-state index contributed by atoms with van der Waals surface area (Å²) in [5, 5.41) is 1.26. The Morgan fingerprint density at radius 3 is 2.62 bits per heavy atom. The number of aromatic nitrogens is 1. The Balaban J connectivity index is 1.63. The average molecular weight is 432 g/mol. The van der Waals surface area contributed by atoms with Gasteiger partial charge in [0.25, 0.3) is 5.91 Å². The first-order valence-corrected chi connectivity index (χ1v) is 11.7. The summed E-state index contributed by atoms with van der Waals surface area (Å²) >= 11 is 10.6. The molecule has 0 radical (unpaired) electrons. The van der Waals surface area contributed by atoms with E-state index in [0.717, 1.165) is 33.5 Å². The van der Waals surface area contributed by atoms with Crippen LogP contribution in [0.3, 0.4) is 0 Å². The molecule has 1 aromatic carbocycles. The molecule has 1 aliphatic rings. The Morgan fingerprint density at radius 1 is 1.27 bits per heavy atom. The van der Waals surface area contributed by atoms with E-state index in [9.17, 15) is 9.18 Å². The molecular formula is C17H19ClFN3OS3. The number of amides is 1. The van der Waals surface area contributed by atoms with Gasteiger partial charge in [0, 0.05) is 37.7 Å². The molecule has 1 saturated heterocycles. The summed E-state index contributed by atoms with van der Waals surface area (Å²) < 4.78 is 18.5. The van der Waals surface area contributed by atoms with Crippen LogP contribution < -0.4 is 0 Å². The van der Waals surface area contributed by atoms with Crippen molar-refractivity contribution in [2.24, 2.45) is 0 Å². The van der Waals surface area contributed by atoms with E-state index in [0.29, 0.717) is 24.7 Å². The molecule has 1 aliphatic heterocycles. The van der Waals surface area contributed by atoms with E-state index in [-0.39, 0.29) is 11.7 Å². The zero-order chi connectivity index (χ0) is 18.7. The fourth-order valence-electron chi connectivity index (χ4n) is 2.88. The number of hydrogen-bond acceptors (Lipinski definition) is 6. The number of halogens is 2. The Morgan fingerprint density at radius 2 is 2.00 bits per heavy atom. The second-order valence-electron chi connectivity index (χ2n) is 5.86. The number of carbonyl (C=O) groups is 1. The monoisotopic (exact) mass is 431 g/mol. The van der Waals surface area contributed by atoms with Crippen molar-refractivity contribution < 1.29 is 9.18 Å². The highest BCUT2D eigenvalue weighted by molar-refractivity contribution is 8.01. The number of nitrogens with zero attached hydrogens (tertiary/aromatic N) is 3. The van der Waals surface area contributed by atoms with Crippen LogP contribution in [0.25, 0.3) is 0 Å². The van der Waals surface area contributed by atoms with Gasteiger partial charge in [-0.2, -0.15) is 4.37 Å². The topological polar surface area (TPSA) is 36.4 Å². The minimum Gasteiger partial charge on any atom is -0.336 e. The zero-order valence-electron chi connectivity index (χ0n) is 14.5. The first kappa shape index (κ1) is 19.9. The van der Waals surface area contributed by atoms with Crippen molar-refractivity contribution in [2.75, 3.05) is 38.7 Å². The van der Waals surface area contributed by atoms with Gasteiger partial charge in [0.15, 0.2) is 0 Å². The normalized spacial score (nSPS) is 15.5. The number of hydrogen-bond donors (Lipinski definition) is 0. The third kappa shape index (κ3) is 4.36. The average Bonchev–Trinajstić information content (AvgIpc) is 3.07. The predicted octanol–water partition coefficient (Wildman–Crippen LogP) is 4.34. The molecular weight excluding hydrogens is 413 g/mol. The van der Waals surface area contributed by atoms with Gasteiger partial charge in [0.2, 0.25) is 0 Å². The highest BCUT2D eigenvalue weighted by atomic mass is 35.5. The summed E-state index contributed by atoms with van der Waals surface area (Å²) in [6.07, 6.45) is 3.92. The highest BCUT2D eigenvalue weighted by Gasteiger charge is 2.28. The van der Waals surface area contributed by atoms with Gasteiger partial charge in [-0.25, -0.2) is 4.39 Å². The summed E-state index contributed by atoms with van der Waals surface area (Å²) in [4.78, 5) is 17.1. The van der Waals surface area contributed by atoms with Crippen LogP contribution in [0.5, 0.6) is 0 Å². The number of piperazine rings is 1. The Hall–Kier alpha value is -0.800. The molecule has 0 bridgehead atoms. The highest BCUT2D eigenvalue weighted by Crippen LogP contribution is 2.33. The van der Waals surface area contributed by atoms with E-state index >= 15 is 0 Å². The van der Waals surface area contributed by atoms with E-state index in [1.54, 1.807) is 17.8 Å². The lowest BCUT2D eigenvalue weighted by Crippen LogP contribution is -2.48. The van der Waals surface area contributed by atoms with Gasteiger partial charge in [-0.3, -0.25) is 9.69 Å². The summed E-state index contributed by atoms with van der Waals surface area (Å²) in [5.41, 5.74) is 1.65. The van der Waals surface area contributed by atoms with Crippen LogP contribution in [0.4, 0.5) is 4.39 Å². The zero-order valence-corrected chi connectivity index (χ0v) is 17.7. The van der Waals surface area contributed by atoms with Gasteiger partial charge in [0.1, 0.15) is 10.8 Å². The van der Waals surface area contributed by atoms with Gasteiger partial charge in [-0.05, 0) is 41.7 Å².